The molecule has 0 saturated heterocycles. The van der Waals surface area contributed by atoms with Gasteiger partial charge in [0.1, 0.15) is 5.78 Å². The number of hydrogen-bond acceptors (Lipinski definition) is 2. The van der Waals surface area contributed by atoms with E-state index in [1.807, 2.05) is 6.92 Å². The van der Waals surface area contributed by atoms with Crippen LogP contribution in [0.15, 0.2) is 11.6 Å². The van der Waals surface area contributed by atoms with Crippen LogP contribution in [0.3, 0.4) is 0 Å². The predicted octanol–water partition coefficient (Wildman–Crippen LogP) is 3.10. The second-order valence-corrected chi connectivity index (χ2v) is 6.79. The topological polar surface area (TPSA) is 37.3 Å². The van der Waals surface area contributed by atoms with Gasteiger partial charge in [0.2, 0.25) is 0 Å². The van der Waals surface area contributed by atoms with Gasteiger partial charge < -0.3 is 5.11 Å². The van der Waals surface area contributed by atoms with Gasteiger partial charge in [-0.05, 0) is 36.7 Å². The van der Waals surface area contributed by atoms with Crippen LogP contribution in [0.2, 0.25) is 0 Å². The molecule has 1 N–H and O–H groups in total. The molecule has 0 bridgehead atoms. The molecule has 2 aliphatic carbocycles. The van der Waals surface area contributed by atoms with Crippen LogP contribution in [0, 0.1) is 16.7 Å². The standard InChI is InChI=1S/C15H24O2/c1-10-8-12-14(2,3)6-5-7-15(12,4)13(17)9-11(10)16/h8,11-12,16H,5-7,9H2,1-4H3. The zero-order valence-electron chi connectivity index (χ0n) is 11.4. The highest BCUT2D eigenvalue weighted by Gasteiger charge is 2.50. The van der Waals surface area contributed by atoms with E-state index in [2.05, 4.69) is 26.8 Å². The van der Waals surface area contributed by atoms with Crippen LogP contribution in [0.1, 0.15) is 53.4 Å². The van der Waals surface area contributed by atoms with Crippen LogP contribution < -0.4 is 0 Å². The average Bonchev–Trinajstić information content (AvgIpc) is 2.29. The molecule has 96 valence electrons. The van der Waals surface area contributed by atoms with Crippen molar-refractivity contribution in [1.82, 2.24) is 0 Å². The van der Waals surface area contributed by atoms with E-state index in [4.69, 9.17) is 0 Å². The van der Waals surface area contributed by atoms with Gasteiger partial charge in [-0.3, -0.25) is 4.79 Å². The molecule has 0 aromatic heterocycles. The van der Waals surface area contributed by atoms with Crippen LogP contribution in [-0.2, 0) is 4.79 Å². The van der Waals surface area contributed by atoms with E-state index >= 15 is 0 Å². The number of aliphatic hydroxyl groups is 1. The summed E-state index contributed by atoms with van der Waals surface area (Å²) in [6.07, 6.45) is 5.16. The lowest BCUT2D eigenvalue weighted by atomic mass is 9.55. The molecular weight excluding hydrogens is 212 g/mol. The van der Waals surface area contributed by atoms with Crippen molar-refractivity contribution in [3.8, 4) is 0 Å². The van der Waals surface area contributed by atoms with Crippen LogP contribution >= 0.6 is 0 Å². The maximum absolute atomic E-state index is 12.4. The van der Waals surface area contributed by atoms with Crippen molar-refractivity contribution in [1.29, 1.82) is 0 Å². The summed E-state index contributed by atoms with van der Waals surface area (Å²) in [5.41, 5.74) is 0.871. The van der Waals surface area contributed by atoms with Crippen molar-refractivity contribution in [2.24, 2.45) is 16.7 Å². The fourth-order valence-electron chi connectivity index (χ4n) is 3.75. The van der Waals surface area contributed by atoms with Gasteiger partial charge in [0, 0.05) is 11.8 Å². The fraction of sp³-hybridized carbons (Fsp3) is 0.800. The molecule has 0 aliphatic heterocycles. The first kappa shape index (κ1) is 12.8. The first-order valence-electron chi connectivity index (χ1n) is 6.67. The zero-order chi connectivity index (χ0) is 12.8. The number of fused-ring (bicyclic) bond motifs is 1. The molecule has 0 amide bonds. The first-order valence-corrected chi connectivity index (χ1v) is 6.67. The smallest absolute Gasteiger partial charge is 0.142 e. The average molecular weight is 236 g/mol. The van der Waals surface area contributed by atoms with E-state index < -0.39 is 6.10 Å². The third kappa shape index (κ3) is 1.97. The first-order chi connectivity index (χ1) is 7.77. The molecule has 2 heteroatoms. The van der Waals surface area contributed by atoms with Gasteiger partial charge in [0.25, 0.3) is 0 Å². The van der Waals surface area contributed by atoms with Crippen molar-refractivity contribution in [2.45, 2.75) is 59.5 Å². The highest BCUT2D eigenvalue weighted by atomic mass is 16.3. The van der Waals surface area contributed by atoms with E-state index in [-0.39, 0.29) is 22.5 Å². The van der Waals surface area contributed by atoms with Crippen molar-refractivity contribution >= 4 is 5.78 Å². The molecule has 2 aliphatic rings. The summed E-state index contributed by atoms with van der Waals surface area (Å²) in [7, 11) is 0. The number of carbonyl (C=O) groups excluding carboxylic acids is 1. The van der Waals surface area contributed by atoms with Crippen LogP contribution in [0.25, 0.3) is 0 Å². The van der Waals surface area contributed by atoms with E-state index in [0.29, 0.717) is 6.42 Å². The number of carbonyl (C=O) groups is 1. The molecule has 3 atom stereocenters. The molecule has 1 saturated carbocycles. The highest BCUT2D eigenvalue weighted by Crippen LogP contribution is 2.54. The highest BCUT2D eigenvalue weighted by molar-refractivity contribution is 5.86. The molecule has 17 heavy (non-hydrogen) atoms. The minimum atomic E-state index is -0.569. The SMILES string of the molecule is CC1=CC2C(C)(C)CCCC2(C)C(=O)CC1O. The van der Waals surface area contributed by atoms with E-state index in [0.717, 1.165) is 18.4 Å². The Bertz CT molecular complexity index is 367. The molecule has 3 unspecified atom stereocenters. The van der Waals surface area contributed by atoms with Crippen molar-refractivity contribution in [3.05, 3.63) is 11.6 Å². The second-order valence-electron chi connectivity index (χ2n) is 6.79. The van der Waals surface area contributed by atoms with E-state index in [1.165, 1.54) is 6.42 Å². The number of allylic oxidation sites excluding steroid dienone is 1. The van der Waals surface area contributed by atoms with Gasteiger partial charge in [-0.1, -0.05) is 33.3 Å². The van der Waals surface area contributed by atoms with Gasteiger partial charge >= 0.3 is 0 Å². The normalized spacial score (nSPS) is 41.5. The molecule has 1 fully saturated rings. The number of rotatable bonds is 0. The lowest BCUT2D eigenvalue weighted by molar-refractivity contribution is -0.136. The van der Waals surface area contributed by atoms with Crippen molar-refractivity contribution in [3.63, 3.8) is 0 Å². The minimum Gasteiger partial charge on any atom is -0.388 e. The summed E-state index contributed by atoms with van der Waals surface area (Å²) < 4.78 is 0. The van der Waals surface area contributed by atoms with Gasteiger partial charge in [-0.2, -0.15) is 0 Å². The quantitative estimate of drug-likeness (QED) is 0.656. The van der Waals surface area contributed by atoms with Gasteiger partial charge in [-0.15, -0.1) is 0 Å². The second kappa shape index (κ2) is 3.94. The Balaban J connectivity index is 2.49. The predicted molar refractivity (Wildman–Crippen MR) is 68.6 cm³/mol. The Morgan fingerprint density at radius 3 is 2.59 bits per heavy atom. The monoisotopic (exact) mass is 236 g/mol. The van der Waals surface area contributed by atoms with Gasteiger partial charge in [0.15, 0.2) is 0 Å². The lowest BCUT2D eigenvalue weighted by Gasteiger charge is -2.48. The number of Topliss-reactive ketones (excluding diaryl/α,β-unsaturated/α-hetero) is 1. The summed E-state index contributed by atoms with van der Waals surface area (Å²) in [5, 5.41) is 9.97. The van der Waals surface area contributed by atoms with E-state index in [1.54, 1.807) is 0 Å². The molecule has 0 heterocycles. The van der Waals surface area contributed by atoms with Gasteiger partial charge in [0.05, 0.1) is 6.10 Å². The summed E-state index contributed by atoms with van der Waals surface area (Å²) in [5.74, 6) is 0.518. The maximum atomic E-state index is 12.4. The Morgan fingerprint density at radius 1 is 1.29 bits per heavy atom. The van der Waals surface area contributed by atoms with Crippen LogP contribution in [-0.4, -0.2) is 17.0 Å². The fourth-order valence-corrected chi connectivity index (χ4v) is 3.75. The summed E-state index contributed by atoms with van der Waals surface area (Å²) in [4.78, 5) is 12.4. The molecule has 0 aromatic carbocycles. The molecule has 0 aromatic rings. The Morgan fingerprint density at radius 2 is 1.94 bits per heavy atom. The zero-order valence-corrected chi connectivity index (χ0v) is 11.4. The van der Waals surface area contributed by atoms with Crippen molar-refractivity contribution < 1.29 is 9.90 Å². The number of aliphatic hydroxyl groups excluding tert-OH is 1. The number of ketones is 1. The third-order valence-corrected chi connectivity index (χ3v) is 5.02. The third-order valence-electron chi connectivity index (χ3n) is 5.02. The Labute approximate surface area is 104 Å². The molecule has 2 nitrogen and oxygen atoms in total. The summed E-state index contributed by atoms with van der Waals surface area (Å²) in [6, 6.07) is 0. The summed E-state index contributed by atoms with van der Waals surface area (Å²) in [6.45, 7) is 8.56. The Kier molecular flexibility index (Phi) is 2.97. The minimum absolute atomic E-state index is 0.161. The van der Waals surface area contributed by atoms with Crippen molar-refractivity contribution in [2.75, 3.05) is 0 Å². The van der Waals surface area contributed by atoms with Crippen LogP contribution in [0.5, 0.6) is 0 Å². The molecule has 0 spiro atoms. The van der Waals surface area contributed by atoms with Crippen LogP contribution in [0.4, 0.5) is 0 Å². The Hall–Kier alpha value is -0.630. The maximum Gasteiger partial charge on any atom is 0.142 e. The van der Waals surface area contributed by atoms with Gasteiger partial charge in [-0.25, -0.2) is 0 Å². The molecule has 0 radical (unpaired) electrons. The lowest BCUT2D eigenvalue weighted by Crippen LogP contribution is -2.45. The molecular formula is C15H24O2. The molecule has 2 rings (SSSR count). The number of hydrogen-bond donors (Lipinski definition) is 1. The van der Waals surface area contributed by atoms with E-state index in [9.17, 15) is 9.90 Å². The largest absolute Gasteiger partial charge is 0.388 e. The summed E-state index contributed by atoms with van der Waals surface area (Å²) >= 11 is 0.